The van der Waals surface area contributed by atoms with Crippen molar-refractivity contribution in [3.8, 4) is 0 Å². The zero-order chi connectivity index (χ0) is 23.4. The van der Waals surface area contributed by atoms with Gasteiger partial charge in [-0.25, -0.2) is 4.79 Å². The van der Waals surface area contributed by atoms with E-state index in [1.54, 1.807) is 37.3 Å². The van der Waals surface area contributed by atoms with Crippen molar-refractivity contribution in [1.29, 1.82) is 0 Å². The van der Waals surface area contributed by atoms with Crippen molar-refractivity contribution in [1.82, 2.24) is 4.90 Å². The Morgan fingerprint density at radius 2 is 1.85 bits per heavy atom. The van der Waals surface area contributed by atoms with Crippen LogP contribution in [0.2, 0.25) is 0 Å². The first-order valence-electron chi connectivity index (χ1n) is 10.9. The van der Waals surface area contributed by atoms with Gasteiger partial charge in [-0.1, -0.05) is 6.07 Å². The Morgan fingerprint density at radius 3 is 2.61 bits per heavy atom. The number of carbonyl (C=O) groups is 4. The number of likely N-dealkylation sites (tertiary alicyclic amines) is 1. The van der Waals surface area contributed by atoms with E-state index in [0.717, 1.165) is 30.8 Å². The number of carbonyl (C=O) groups excluding carboxylic acids is 4. The highest BCUT2D eigenvalue weighted by Gasteiger charge is 2.29. The Balaban J connectivity index is 1.50. The highest BCUT2D eigenvalue weighted by molar-refractivity contribution is 8.00. The fourth-order valence-corrected chi connectivity index (χ4v) is 4.81. The van der Waals surface area contributed by atoms with E-state index in [-0.39, 0.29) is 30.7 Å². The molecule has 0 bridgehead atoms. The Hall–Kier alpha value is -3.33. The third-order valence-electron chi connectivity index (χ3n) is 5.50. The lowest BCUT2D eigenvalue weighted by Crippen LogP contribution is -2.41. The lowest BCUT2D eigenvalue weighted by molar-refractivity contribution is -0.120. The van der Waals surface area contributed by atoms with Crippen LogP contribution in [0.1, 0.15) is 40.5 Å². The maximum Gasteiger partial charge on any atom is 0.338 e. The van der Waals surface area contributed by atoms with Gasteiger partial charge < -0.3 is 19.9 Å². The quantitative estimate of drug-likeness (QED) is 0.656. The molecule has 0 aliphatic carbocycles. The van der Waals surface area contributed by atoms with Crippen molar-refractivity contribution in [2.24, 2.45) is 0 Å². The smallest absolute Gasteiger partial charge is 0.338 e. The summed E-state index contributed by atoms with van der Waals surface area (Å²) in [6, 6.07) is 11.8. The molecule has 33 heavy (non-hydrogen) atoms. The summed E-state index contributed by atoms with van der Waals surface area (Å²) in [5, 5.41) is 2.74. The van der Waals surface area contributed by atoms with Crippen LogP contribution in [0.3, 0.4) is 0 Å². The normalized spacial score (nSPS) is 15.2. The number of ether oxygens (including phenoxy) is 1. The van der Waals surface area contributed by atoms with E-state index < -0.39 is 11.9 Å². The molecule has 1 fully saturated rings. The van der Waals surface area contributed by atoms with Crippen molar-refractivity contribution in [2.45, 2.75) is 24.7 Å². The van der Waals surface area contributed by atoms with E-state index in [4.69, 9.17) is 4.74 Å². The summed E-state index contributed by atoms with van der Waals surface area (Å²) in [5.74, 6) is -0.912. The second kappa shape index (κ2) is 10.1. The second-order valence-electron chi connectivity index (χ2n) is 7.80. The van der Waals surface area contributed by atoms with Gasteiger partial charge >= 0.3 is 5.97 Å². The topological polar surface area (TPSA) is 96.0 Å². The zero-order valence-corrected chi connectivity index (χ0v) is 19.2. The molecule has 8 nitrogen and oxygen atoms in total. The number of anilines is 2. The number of nitrogens with one attached hydrogen (secondary N) is 1. The molecule has 0 unspecified atom stereocenters. The van der Waals surface area contributed by atoms with Crippen LogP contribution in [0.5, 0.6) is 0 Å². The molecule has 1 N–H and O–H groups in total. The summed E-state index contributed by atoms with van der Waals surface area (Å²) < 4.78 is 4.99. The minimum atomic E-state index is -0.471. The number of benzene rings is 2. The Labute approximate surface area is 196 Å². The molecule has 0 spiro atoms. The summed E-state index contributed by atoms with van der Waals surface area (Å²) in [6.45, 7) is 3.25. The molecule has 172 valence electrons. The lowest BCUT2D eigenvalue weighted by Gasteiger charge is -2.29. The van der Waals surface area contributed by atoms with Gasteiger partial charge in [0.25, 0.3) is 5.91 Å². The van der Waals surface area contributed by atoms with Crippen molar-refractivity contribution in [2.75, 3.05) is 42.2 Å². The highest BCUT2D eigenvalue weighted by Crippen LogP contribution is 2.36. The van der Waals surface area contributed by atoms with Crippen LogP contribution in [0, 0.1) is 0 Å². The molecule has 0 atom stereocenters. The lowest BCUT2D eigenvalue weighted by atomic mass is 10.1. The molecule has 2 aliphatic rings. The predicted octanol–water partition coefficient (Wildman–Crippen LogP) is 3.18. The summed E-state index contributed by atoms with van der Waals surface area (Å²) in [6.07, 6.45) is 1.99. The molecule has 3 amide bonds. The molecule has 9 heteroatoms. The minimum Gasteiger partial charge on any atom is -0.462 e. The molecular weight excluding hydrogens is 442 g/mol. The van der Waals surface area contributed by atoms with Crippen LogP contribution < -0.4 is 10.2 Å². The molecule has 1 saturated heterocycles. The molecule has 4 rings (SSSR count). The summed E-state index contributed by atoms with van der Waals surface area (Å²) in [5.41, 5.74) is 1.84. The van der Waals surface area contributed by atoms with Crippen LogP contribution in [0.15, 0.2) is 47.4 Å². The van der Waals surface area contributed by atoms with Gasteiger partial charge in [-0.3, -0.25) is 14.4 Å². The molecule has 2 heterocycles. The van der Waals surface area contributed by atoms with Crippen molar-refractivity contribution >= 4 is 46.8 Å². The van der Waals surface area contributed by atoms with E-state index in [1.807, 2.05) is 11.0 Å². The zero-order valence-electron chi connectivity index (χ0n) is 18.3. The fraction of sp³-hybridized carbons (Fsp3) is 0.333. The Kier molecular flexibility index (Phi) is 6.98. The van der Waals surface area contributed by atoms with Gasteiger partial charge in [0.2, 0.25) is 11.8 Å². The van der Waals surface area contributed by atoms with Crippen LogP contribution in [-0.4, -0.2) is 60.6 Å². The van der Waals surface area contributed by atoms with Crippen molar-refractivity contribution < 1.29 is 23.9 Å². The Bertz CT molecular complexity index is 1100. The molecule has 2 aromatic carbocycles. The number of fused-ring (bicyclic) bond motifs is 1. The third kappa shape index (κ3) is 5.19. The van der Waals surface area contributed by atoms with Crippen molar-refractivity contribution in [3.05, 3.63) is 53.6 Å². The molecular formula is C24H25N3O5S. The van der Waals surface area contributed by atoms with Gasteiger partial charge in [-0.05, 0) is 56.2 Å². The number of hydrogen-bond acceptors (Lipinski definition) is 6. The number of nitrogens with zero attached hydrogens (tertiary/aromatic N) is 2. The number of thioether (sulfide) groups is 1. The number of esters is 1. The number of rotatable bonds is 6. The fourth-order valence-electron chi connectivity index (χ4n) is 3.89. The molecule has 0 radical (unpaired) electrons. The van der Waals surface area contributed by atoms with Gasteiger partial charge in [0.05, 0.1) is 23.6 Å². The second-order valence-corrected chi connectivity index (χ2v) is 8.82. The predicted molar refractivity (Wildman–Crippen MR) is 126 cm³/mol. The highest BCUT2D eigenvalue weighted by atomic mass is 32.2. The van der Waals surface area contributed by atoms with Crippen molar-refractivity contribution in [3.63, 3.8) is 0 Å². The summed E-state index contributed by atoms with van der Waals surface area (Å²) in [7, 11) is 0. The summed E-state index contributed by atoms with van der Waals surface area (Å²) in [4.78, 5) is 54.3. The molecule has 2 aromatic rings. The van der Waals surface area contributed by atoms with Gasteiger partial charge in [0.15, 0.2) is 0 Å². The van der Waals surface area contributed by atoms with Crippen LogP contribution >= 0.6 is 11.8 Å². The number of hydrogen-bond donors (Lipinski definition) is 1. The Morgan fingerprint density at radius 1 is 1.06 bits per heavy atom. The molecule has 2 aliphatic heterocycles. The third-order valence-corrected chi connectivity index (χ3v) is 6.55. The van der Waals surface area contributed by atoms with Crippen LogP contribution in [-0.2, 0) is 14.3 Å². The van der Waals surface area contributed by atoms with Gasteiger partial charge in [0, 0.05) is 29.2 Å². The maximum atomic E-state index is 12.8. The first-order chi connectivity index (χ1) is 16.0. The van der Waals surface area contributed by atoms with E-state index in [1.165, 1.54) is 22.7 Å². The SMILES string of the molecule is CCOC(=O)c1cccc(NC(=O)CN2C(=O)CSc3ccc(C(=O)N4CCCC4)cc32)c1. The van der Waals surface area contributed by atoms with Gasteiger partial charge in [-0.2, -0.15) is 0 Å². The van der Waals surface area contributed by atoms with Crippen LogP contribution in [0.25, 0.3) is 0 Å². The first-order valence-corrected chi connectivity index (χ1v) is 11.9. The minimum absolute atomic E-state index is 0.0569. The van der Waals surface area contributed by atoms with E-state index >= 15 is 0 Å². The average molecular weight is 468 g/mol. The first kappa shape index (κ1) is 22.8. The maximum absolute atomic E-state index is 12.8. The monoisotopic (exact) mass is 467 g/mol. The van der Waals surface area contributed by atoms with E-state index in [0.29, 0.717) is 22.5 Å². The summed E-state index contributed by atoms with van der Waals surface area (Å²) >= 11 is 1.39. The van der Waals surface area contributed by atoms with E-state index in [2.05, 4.69) is 5.32 Å². The van der Waals surface area contributed by atoms with Crippen LogP contribution in [0.4, 0.5) is 11.4 Å². The molecule has 0 saturated carbocycles. The van der Waals surface area contributed by atoms with E-state index in [9.17, 15) is 19.2 Å². The number of amides is 3. The standard InChI is InChI=1S/C24H25N3O5S/c1-2-32-24(31)17-6-5-7-18(12-17)25-21(28)14-27-19-13-16(23(30)26-10-3-4-11-26)8-9-20(19)33-15-22(27)29/h5-9,12-13H,2-4,10-11,14-15H2,1H3,(H,25,28). The average Bonchev–Trinajstić information content (AvgIpc) is 3.35. The van der Waals surface area contributed by atoms with Gasteiger partial charge in [-0.15, -0.1) is 11.8 Å². The largest absolute Gasteiger partial charge is 0.462 e. The van der Waals surface area contributed by atoms with Gasteiger partial charge in [0.1, 0.15) is 6.54 Å². The molecule has 0 aromatic heterocycles.